The number of aromatic nitrogens is 1. The van der Waals surface area contributed by atoms with Crippen LogP contribution >= 0.6 is 11.3 Å². The summed E-state index contributed by atoms with van der Waals surface area (Å²) in [4.78, 5) is 16.3. The molecule has 6 heteroatoms. The Morgan fingerprint density at radius 2 is 2.09 bits per heavy atom. The molecule has 0 unspecified atom stereocenters. The van der Waals surface area contributed by atoms with E-state index in [1.165, 1.54) is 11.3 Å². The molecule has 0 saturated heterocycles. The lowest BCUT2D eigenvalue weighted by atomic mass is 10.3. The van der Waals surface area contributed by atoms with E-state index >= 15 is 0 Å². The predicted octanol–water partition coefficient (Wildman–Crippen LogP) is 2.81. The number of rotatable bonds is 10. The Labute approximate surface area is 140 Å². The number of hydrogen-bond acceptors (Lipinski definition) is 5. The van der Waals surface area contributed by atoms with Crippen LogP contribution in [0.3, 0.4) is 0 Å². The fourth-order valence-electron chi connectivity index (χ4n) is 1.98. The first kappa shape index (κ1) is 17.4. The van der Waals surface area contributed by atoms with E-state index < -0.39 is 0 Å². The largest absolute Gasteiger partial charge is 0.486 e. The monoisotopic (exact) mass is 334 g/mol. The maximum absolute atomic E-state index is 11.8. The molecule has 0 bridgehead atoms. The summed E-state index contributed by atoms with van der Waals surface area (Å²) in [6.07, 6.45) is 2.19. The number of ether oxygens (including phenoxy) is 2. The molecule has 0 atom stereocenters. The Morgan fingerprint density at radius 3 is 2.87 bits per heavy atom. The summed E-state index contributed by atoms with van der Waals surface area (Å²) >= 11 is 1.51. The van der Waals surface area contributed by atoms with E-state index in [4.69, 9.17) is 9.47 Å². The maximum Gasteiger partial charge on any atom is 0.226 e. The second-order valence-corrected chi connectivity index (χ2v) is 6.00. The standard InChI is InChI=1S/C17H22N2O3S/c1-21-10-6-5-9-18-16(20)11-14-13-23-17(19-14)12-22-15-7-3-2-4-8-15/h2-4,7-8,13H,5-6,9-12H2,1H3,(H,18,20). The van der Waals surface area contributed by atoms with Crippen molar-refractivity contribution in [1.82, 2.24) is 10.3 Å². The van der Waals surface area contributed by atoms with Crippen LogP contribution in [0.15, 0.2) is 35.7 Å². The molecule has 2 aromatic rings. The second kappa shape index (κ2) is 9.97. The first-order valence-electron chi connectivity index (χ1n) is 7.64. The number of nitrogens with one attached hydrogen (secondary N) is 1. The molecule has 0 spiro atoms. The first-order valence-corrected chi connectivity index (χ1v) is 8.52. The lowest BCUT2D eigenvalue weighted by Gasteiger charge is -2.04. The van der Waals surface area contributed by atoms with E-state index in [1.807, 2.05) is 35.7 Å². The van der Waals surface area contributed by atoms with E-state index in [9.17, 15) is 4.79 Å². The number of thiazole rings is 1. The predicted molar refractivity (Wildman–Crippen MR) is 90.7 cm³/mol. The second-order valence-electron chi connectivity index (χ2n) is 5.06. The van der Waals surface area contributed by atoms with Gasteiger partial charge in [-0.05, 0) is 25.0 Å². The molecule has 1 N–H and O–H groups in total. The van der Waals surface area contributed by atoms with Gasteiger partial charge in [0.1, 0.15) is 17.4 Å². The average molecular weight is 334 g/mol. The summed E-state index contributed by atoms with van der Waals surface area (Å²) < 4.78 is 10.6. The zero-order valence-corrected chi connectivity index (χ0v) is 14.1. The highest BCUT2D eigenvalue weighted by Crippen LogP contribution is 2.15. The van der Waals surface area contributed by atoms with E-state index in [2.05, 4.69) is 10.3 Å². The third-order valence-electron chi connectivity index (χ3n) is 3.14. The molecule has 0 radical (unpaired) electrons. The van der Waals surface area contributed by atoms with Crippen molar-refractivity contribution < 1.29 is 14.3 Å². The molecule has 1 aromatic carbocycles. The Bertz CT molecular complexity index is 587. The number of nitrogens with zero attached hydrogens (tertiary/aromatic N) is 1. The van der Waals surface area contributed by atoms with Crippen LogP contribution in [-0.2, 0) is 22.6 Å². The number of benzene rings is 1. The van der Waals surface area contributed by atoms with Crippen LogP contribution < -0.4 is 10.1 Å². The summed E-state index contributed by atoms with van der Waals surface area (Å²) in [5.74, 6) is 0.821. The van der Waals surface area contributed by atoms with Crippen molar-refractivity contribution in [3.05, 3.63) is 46.4 Å². The van der Waals surface area contributed by atoms with E-state index in [0.717, 1.165) is 35.9 Å². The van der Waals surface area contributed by atoms with Crippen LogP contribution in [0.1, 0.15) is 23.5 Å². The number of carbonyl (C=O) groups excluding carboxylic acids is 1. The average Bonchev–Trinajstić information content (AvgIpc) is 3.01. The summed E-state index contributed by atoms with van der Waals surface area (Å²) in [5.41, 5.74) is 0.788. The number of unbranched alkanes of at least 4 members (excludes halogenated alkanes) is 1. The molecule has 1 heterocycles. The van der Waals surface area contributed by atoms with Gasteiger partial charge in [-0.2, -0.15) is 0 Å². The van der Waals surface area contributed by atoms with Crippen molar-refractivity contribution in [2.45, 2.75) is 25.9 Å². The molecular weight excluding hydrogens is 312 g/mol. The Hall–Kier alpha value is -1.92. The van der Waals surface area contributed by atoms with Crippen molar-refractivity contribution in [3.63, 3.8) is 0 Å². The molecule has 0 fully saturated rings. The fourth-order valence-corrected chi connectivity index (χ4v) is 2.69. The molecule has 0 aliphatic heterocycles. The van der Waals surface area contributed by atoms with Gasteiger partial charge in [-0.3, -0.25) is 4.79 Å². The molecule has 23 heavy (non-hydrogen) atoms. The summed E-state index contributed by atoms with van der Waals surface area (Å²) in [6.45, 7) is 1.83. The highest BCUT2D eigenvalue weighted by molar-refractivity contribution is 7.09. The zero-order valence-electron chi connectivity index (χ0n) is 13.3. The summed E-state index contributed by atoms with van der Waals surface area (Å²) in [6, 6.07) is 9.62. The van der Waals surface area contributed by atoms with Gasteiger partial charge in [0.25, 0.3) is 0 Å². The molecule has 5 nitrogen and oxygen atoms in total. The van der Waals surface area contributed by atoms with Gasteiger partial charge < -0.3 is 14.8 Å². The highest BCUT2D eigenvalue weighted by Gasteiger charge is 2.08. The third-order valence-corrected chi connectivity index (χ3v) is 4.02. The van der Waals surface area contributed by atoms with Crippen LogP contribution in [0.25, 0.3) is 0 Å². The van der Waals surface area contributed by atoms with Crippen LogP contribution in [-0.4, -0.2) is 31.2 Å². The molecule has 1 aromatic heterocycles. The van der Waals surface area contributed by atoms with Crippen molar-refractivity contribution in [1.29, 1.82) is 0 Å². The molecule has 0 aliphatic rings. The lowest BCUT2D eigenvalue weighted by Crippen LogP contribution is -2.26. The Morgan fingerprint density at radius 1 is 1.26 bits per heavy atom. The van der Waals surface area contributed by atoms with Crippen molar-refractivity contribution in [2.24, 2.45) is 0 Å². The third kappa shape index (κ3) is 6.80. The normalized spacial score (nSPS) is 10.5. The lowest BCUT2D eigenvalue weighted by molar-refractivity contribution is -0.120. The minimum absolute atomic E-state index is 0.00300. The molecule has 0 aliphatic carbocycles. The van der Waals surface area contributed by atoms with Crippen molar-refractivity contribution >= 4 is 17.2 Å². The van der Waals surface area contributed by atoms with Gasteiger partial charge in [-0.15, -0.1) is 11.3 Å². The summed E-state index contributed by atoms with van der Waals surface area (Å²) in [5, 5.41) is 5.68. The van der Waals surface area contributed by atoms with Crippen LogP contribution in [0.5, 0.6) is 5.75 Å². The van der Waals surface area contributed by atoms with E-state index in [-0.39, 0.29) is 5.91 Å². The van der Waals surface area contributed by atoms with Crippen LogP contribution in [0, 0.1) is 0 Å². The molecule has 0 saturated carbocycles. The van der Waals surface area contributed by atoms with Gasteiger partial charge in [-0.25, -0.2) is 4.98 Å². The molecule has 2 rings (SSSR count). The first-order chi connectivity index (χ1) is 11.3. The Balaban J connectivity index is 1.68. The minimum Gasteiger partial charge on any atom is -0.486 e. The van der Waals surface area contributed by atoms with Gasteiger partial charge in [0.05, 0.1) is 12.1 Å². The molecular formula is C17H22N2O3S. The van der Waals surface area contributed by atoms with E-state index in [0.29, 0.717) is 19.6 Å². The summed E-state index contributed by atoms with van der Waals surface area (Å²) in [7, 11) is 1.68. The van der Waals surface area contributed by atoms with Crippen molar-refractivity contribution in [2.75, 3.05) is 20.3 Å². The van der Waals surface area contributed by atoms with Gasteiger partial charge in [-0.1, -0.05) is 18.2 Å². The number of carbonyl (C=O) groups is 1. The SMILES string of the molecule is COCCCCNC(=O)Cc1csc(COc2ccccc2)n1. The smallest absolute Gasteiger partial charge is 0.226 e. The zero-order chi connectivity index (χ0) is 16.3. The Kier molecular flexibility index (Phi) is 7.56. The fraction of sp³-hybridized carbons (Fsp3) is 0.412. The minimum atomic E-state index is 0.00300. The van der Waals surface area contributed by atoms with Gasteiger partial charge in [0.15, 0.2) is 0 Å². The van der Waals surface area contributed by atoms with Gasteiger partial charge >= 0.3 is 0 Å². The number of hydrogen-bond donors (Lipinski definition) is 1. The van der Waals surface area contributed by atoms with Gasteiger partial charge in [0, 0.05) is 25.6 Å². The van der Waals surface area contributed by atoms with E-state index in [1.54, 1.807) is 7.11 Å². The molecule has 1 amide bonds. The van der Waals surface area contributed by atoms with Crippen molar-refractivity contribution in [3.8, 4) is 5.75 Å². The molecule has 124 valence electrons. The number of amides is 1. The highest BCUT2D eigenvalue weighted by atomic mass is 32.1. The maximum atomic E-state index is 11.8. The van der Waals surface area contributed by atoms with Crippen LogP contribution in [0.4, 0.5) is 0 Å². The topological polar surface area (TPSA) is 60.5 Å². The number of para-hydroxylation sites is 1. The quantitative estimate of drug-likeness (QED) is 0.679. The number of methoxy groups -OCH3 is 1. The van der Waals surface area contributed by atoms with Crippen LogP contribution in [0.2, 0.25) is 0 Å². The van der Waals surface area contributed by atoms with Gasteiger partial charge in [0.2, 0.25) is 5.91 Å².